The number of nitrogens with two attached hydrogens (primary N) is 1. The molecule has 1 unspecified atom stereocenters. The maximum atomic E-state index is 12.2. The van der Waals surface area contributed by atoms with Crippen LogP contribution in [-0.4, -0.2) is 42.5 Å². The Balaban J connectivity index is 2.20. The topological polar surface area (TPSA) is 63.4 Å². The van der Waals surface area contributed by atoms with Crippen molar-refractivity contribution in [2.24, 2.45) is 5.73 Å². The third-order valence-corrected chi connectivity index (χ3v) is 7.42. The van der Waals surface area contributed by atoms with E-state index in [0.29, 0.717) is 23.9 Å². The third-order valence-electron chi connectivity index (χ3n) is 3.73. The van der Waals surface area contributed by atoms with Crippen molar-refractivity contribution in [2.75, 3.05) is 23.8 Å². The van der Waals surface area contributed by atoms with E-state index in [1.165, 1.54) is 0 Å². The molecule has 0 bridgehead atoms. The van der Waals surface area contributed by atoms with Crippen molar-refractivity contribution < 1.29 is 8.42 Å². The van der Waals surface area contributed by atoms with Crippen LogP contribution < -0.4 is 5.73 Å². The number of benzene rings is 1. The summed E-state index contributed by atoms with van der Waals surface area (Å²) in [5.41, 5.74) is 7.54. The minimum absolute atomic E-state index is 0.175. The molecular weight excluding hydrogens is 328 g/mol. The number of hydrogen-bond acceptors (Lipinski definition) is 5. The van der Waals surface area contributed by atoms with E-state index >= 15 is 0 Å². The van der Waals surface area contributed by atoms with Crippen molar-refractivity contribution in [3.05, 3.63) is 34.3 Å². The monoisotopic (exact) mass is 348 g/mol. The number of thioether (sulfide) groups is 1. The molecule has 0 aromatic heterocycles. The van der Waals surface area contributed by atoms with Crippen LogP contribution in [0.15, 0.2) is 18.2 Å². The van der Waals surface area contributed by atoms with Crippen molar-refractivity contribution in [1.29, 1.82) is 0 Å². The lowest BCUT2D eigenvalue weighted by Crippen LogP contribution is -2.47. The van der Waals surface area contributed by atoms with Crippen molar-refractivity contribution in [3.8, 4) is 0 Å². The molecule has 1 atom stereocenters. The summed E-state index contributed by atoms with van der Waals surface area (Å²) in [6, 6.07) is 5.75. The Bertz CT molecular complexity index is 593. The number of hydrogen-bond donors (Lipinski definition) is 1. The van der Waals surface area contributed by atoms with Crippen LogP contribution in [0, 0.1) is 0 Å². The van der Waals surface area contributed by atoms with Crippen molar-refractivity contribution in [2.45, 2.75) is 25.4 Å². The molecule has 1 aliphatic rings. The van der Waals surface area contributed by atoms with Crippen molar-refractivity contribution >= 4 is 33.2 Å². The van der Waals surface area contributed by atoms with E-state index in [4.69, 9.17) is 17.3 Å². The Hall–Kier alpha value is -0.270. The Kier molecular flexibility index (Phi) is 5.96. The van der Waals surface area contributed by atoms with E-state index in [2.05, 4.69) is 0 Å². The molecule has 1 aliphatic heterocycles. The molecule has 1 heterocycles. The second-order valence-electron chi connectivity index (χ2n) is 5.08. The largest absolute Gasteiger partial charge is 0.326 e. The van der Waals surface area contributed by atoms with Gasteiger partial charge in [-0.1, -0.05) is 30.7 Å². The van der Waals surface area contributed by atoms with Gasteiger partial charge < -0.3 is 5.73 Å². The molecule has 1 fully saturated rings. The molecule has 118 valence electrons. The lowest BCUT2D eigenvalue weighted by Gasteiger charge is -2.34. The summed E-state index contributed by atoms with van der Waals surface area (Å²) >= 11 is 7.99. The van der Waals surface area contributed by atoms with E-state index in [0.717, 1.165) is 23.4 Å². The molecule has 0 saturated carbocycles. The van der Waals surface area contributed by atoms with E-state index in [-0.39, 0.29) is 5.75 Å². The van der Waals surface area contributed by atoms with Gasteiger partial charge in [0, 0.05) is 41.9 Å². The maximum Gasteiger partial charge on any atom is 0.166 e. The lowest BCUT2D eigenvalue weighted by molar-refractivity contribution is 0.262. The minimum Gasteiger partial charge on any atom is -0.326 e. The van der Waals surface area contributed by atoms with Crippen LogP contribution in [0.3, 0.4) is 0 Å². The van der Waals surface area contributed by atoms with E-state index in [9.17, 15) is 8.42 Å². The van der Waals surface area contributed by atoms with Crippen molar-refractivity contribution in [1.82, 2.24) is 4.90 Å². The van der Waals surface area contributed by atoms with Gasteiger partial charge in [-0.3, -0.25) is 4.90 Å². The zero-order valence-corrected chi connectivity index (χ0v) is 14.5. The fourth-order valence-corrected chi connectivity index (χ4v) is 5.73. The molecule has 0 aliphatic carbocycles. The first-order valence-electron chi connectivity index (χ1n) is 6.98. The van der Waals surface area contributed by atoms with Crippen LogP contribution in [0.25, 0.3) is 0 Å². The van der Waals surface area contributed by atoms with Crippen LogP contribution in [-0.2, 0) is 22.9 Å². The minimum atomic E-state index is -3.07. The van der Waals surface area contributed by atoms with Crippen LogP contribution >= 0.6 is 23.4 Å². The molecule has 7 heteroatoms. The molecule has 21 heavy (non-hydrogen) atoms. The molecule has 2 rings (SSSR count). The first-order chi connectivity index (χ1) is 9.97. The second-order valence-corrected chi connectivity index (χ2v) is 9.09. The van der Waals surface area contributed by atoms with Gasteiger partial charge in [0.05, 0.1) is 0 Å². The lowest BCUT2D eigenvalue weighted by atomic mass is 10.1. The van der Waals surface area contributed by atoms with Gasteiger partial charge >= 0.3 is 0 Å². The average Bonchev–Trinajstić information content (AvgIpc) is 2.49. The molecule has 0 radical (unpaired) electrons. The Morgan fingerprint density at radius 1 is 1.48 bits per heavy atom. The van der Waals surface area contributed by atoms with E-state index in [1.807, 2.05) is 23.1 Å². The first-order valence-corrected chi connectivity index (χ1v) is 10.2. The number of rotatable bonds is 5. The smallest absolute Gasteiger partial charge is 0.166 e. The highest BCUT2D eigenvalue weighted by Gasteiger charge is 2.32. The molecule has 1 aromatic carbocycles. The normalized spacial score (nSPS) is 20.6. The standard InChI is InChI=1S/C14H21ClN2O2S2/c1-2-21(18,19)14-10-20-6-5-17(14)9-12-4-3-11(8-16)7-13(12)15/h3-4,7,14H,2,5-6,8-10,16H2,1H3. The first kappa shape index (κ1) is 17.1. The SMILES string of the molecule is CCS(=O)(=O)C1CSCCN1Cc1ccc(CN)cc1Cl. The number of sulfone groups is 1. The highest BCUT2D eigenvalue weighted by Crippen LogP contribution is 2.26. The quantitative estimate of drug-likeness (QED) is 0.883. The van der Waals surface area contributed by atoms with Gasteiger partial charge in [0.2, 0.25) is 0 Å². The summed E-state index contributed by atoms with van der Waals surface area (Å²) in [4.78, 5) is 2.03. The van der Waals surface area contributed by atoms with Gasteiger partial charge in [-0.25, -0.2) is 8.42 Å². The second kappa shape index (κ2) is 7.33. The van der Waals surface area contributed by atoms with E-state index in [1.54, 1.807) is 18.7 Å². The van der Waals surface area contributed by atoms with Crippen LogP contribution in [0.5, 0.6) is 0 Å². The molecule has 1 saturated heterocycles. The van der Waals surface area contributed by atoms with Gasteiger partial charge in [0.25, 0.3) is 0 Å². The highest BCUT2D eigenvalue weighted by molar-refractivity contribution is 8.01. The summed E-state index contributed by atoms with van der Waals surface area (Å²) < 4.78 is 24.5. The average molecular weight is 349 g/mol. The number of nitrogens with zero attached hydrogens (tertiary/aromatic N) is 1. The Morgan fingerprint density at radius 2 is 2.24 bits per heavy atom. The van der Waals surface area contributed by atoms with E-state index < -0.39 is 15.2 Å². The summed E-state index contributed by atoms with van der Waals surface area (Å²) in [6.07, 6.45) is 0. The third kappa shape index (κ3) is 4.13. The summed E-state index contributed by atoms with van der Waals surface area (Å²) in [5.74, 6) is 1.76. The van der Waals surface area contributed by atoms with Gasteiger partial charge in [0.1, 0.15) is 5.37 Å². The molecular formula is C14H21ClN2O2S2. The fourth-order valence-electron chi connectivity index (χ4n) is 2.38. The summed E-state index contributed by atoms with van der Waals surface area (Å²) in [7, 11) is -3.07. The van der Waals surface area contributed by atoms with Crippen molar-refractivity contribution in [3.63, 3.8) is 0 Å². The molecule has 0 amide bonds. The zero-order chi connectivity index (χ0) is 15.5. The van der Waals surface area contributed by atoms with Crippen LogP contribution in [0.1, 0.15) is 18.1 Å². The summed E-state index contributed by atoms with van der Waals surface area (Å²) in [5, 5.41) is 0.246. The Morgan fingerprint density at radius 3 is 2.86 bits per heavy atom. The highest BCUT2D eigenvalue weighted by atomic mass is 35.5. The van der Waals surface area contributed by atoms with Gasteiger partial charge in [-0.15, -0.1) is 0 Å². The number of halogens is 1. The zero-order valence-electron chi connectivity index (χ0n) is 12.1. The molecule has 4 nitrogen and oxygen atoms in total. The van der Waals surface area contributed by atoms with Gasteiger partial charge in [0.15, 0.2) is 9.84 Å². The molecule has 1 aromatic rings. The predicted molar refractivity (Wildman–Crippen MR) is 90.3 cm³/mol. The van der Waals surface area contributed by atoms with Crippen LogP contribution in [0.4, 0.5) is 0 Å². The van der Waals surface area contributed by atoms with Gasteiger partial charge in [-0.2, -0.15) is 11.8 Å². The molecule has 0 spiro atoms. The maximum absolute atomic E-state index is 12.2. The molecule has 2 N–H and O–H groups in total. The summed E-state index contributed by atoms with van der Waals surface area (Å²) in [6.45, 7) is 3.49. The van der Waals surface area contributed by atoms with Crippen LogP contribution in [0.2, 0.25) is 5.02 Å². The fraction of sp³-hybridized carbons (Fsp3) is 0.571. The Labute approximate surface area is 135 Å². The predicted octanol–water partition coefficient (Wildman–Crippen LogP) is 2.11. The van der Waals surface area contributed by atoms with Gasteiger partial charge in [-0.05, 0) is 17.2 Å².